The fourth-order valence-corrected chi connectivity index (χ4v) is 2.92. The van der Waals surface area contributed by atoms with Gasteiger partial charge in [-0.15, -0.1) is 0 Å². The number of rotatable bonds is 4. The monoisotopic (exact) mass is 322 g/mol. The Morgan fingerprint density at radius 2 is 1.78 bits per heavy atom. The number of hydrogen-bond donors (Lipinski definition) is 1. The summed E-state index contributed by atoms with van der Waals surface area (Å²) >= 11 is 10.2. The number of halogens is 3. The van der Waals surface area contributed by atoms with E-state index in [-0.39, 0.29) is 9.84 Å². The minimum Gasteiger partial charge on any atom is -0.396 e. The third kappa shape index (κ3) is 5.83. The van der Waals surface area contributed by atoms with Gasteiger partial charge < -0.3 is 5.11 Å². The van der Waals surface area contributed by atoms with E-state index >= 15 is 0 Å². The summed E-state index contributed by atoms with van der Waals surface area (Å²) in [5.74, 6) is 0. The molecule has 0 spiro atoms. The summed E-state index contributed by atoms with van der Waals surface area (Å²) in [6.45, 7) is 0.212. The molecule has 0 bridgehead atoms. The van der Waals surface area contributed by atoms with E-state index < -0.39 is 0 Å². The summed E-state index contributed by atoms with van der Waals surface area (Å²) in [5, 5.41) is 9.49. The molecule has 9 heavy (non-hydrogen) atoms. The average Bonchev–Trinajstić information content (AvgIpc) is 1.64. The van der Waals surface area contributed by atoms with Gasteiger partial charge in [-0.05, 0) is 12.8 Å². The Kier molecular flexibility index (Phi) is 5.90. The van der Waals surface area contributed by atoms with E-state index in [0.29, 0.717) is 0 Å². The van der Waals surface area contributed by atoms with Crippen molar-refractivity contribution in [3.05, 3.63) is 0 Å². The smallest absolute Gasteiger partial charge is 0.0835 e. The van der Waals surface area contributed by atoms with Gasteiger partial charge in [0.1, 0.15) is 0 Å². The molecule has 0 aliphatic carbocycles. The third-order valence-corrected chi connectivity index (χ3v) is 2.92. The summed E-state index contributed by atoms with van der Waals surface area (Å²) in [6, 6.07) is 0. The molecule has 4 heteroatoms. The van der Waals surface area contributed by atoms with Crippen LogP contribution in [0.1, 0.15) is 12.8 Å². The van der Waals surface area contributed by atoms with Crippen LogP contribution in [-0.2, 0) is 0 Å². The summed E-state index contributed by atoms with van der Waals surface area (Å²) < 4.78 is -0.0712. The zero-order valence-corrected chi connectivity index (χ0v) is 9.67. The molecule has 0 amide bonds. The van der Waals surface area contributed by atoms with Crippen molar-refractivity contribution in [2.75, 3.05) is 11.9 Å². The predicted octanol–water partition coefficient (Wildman–Crippen LogP) is 2.64. The summed E-state index contributed by atoms with van der Waals surface area (Å²) in [7, 11) is 0. The Balaban J connectivity index is 3.43. The Labute approximate surface area is 80.6 Å². The van der Waals surface area contributed by atoms with E-state index in [0.717, 1.165) is 18.2 Å². The molecule has 0 heterocycles. The molecule has 1 nitrogen and oxygen atoms in total. The molecule has 0 aromatic heterocycles. The number of hydrogen-bond acceptors (Lipinski definition) is 1. The van der Waals surface area contributed by atoms with E-state index in [2.05, 4.69) is 47.8 Å². The van der Waals surface area contributed by atoms with E-state index in [4.69, 9.17) is 5.11 Å². The molecule has 0 unspecified atom stereocenters. The van der Waals surface area contributed by atoms with Gasteiger partial charge >= 0.3 is 0 Å². The van der Waals surface area contributed by atoms with Crippen LogP contribution in [0.25, 0.3) is 0 Å². The van der Waals surface area contributed by atoms with Crippen LogP contribution in [0.3, 0.4) is 0 Å². The second-order valence-corrected chi connectivity index (χ2v) is 6.66. The van der Waals surface area contributed by atoms with Crippen LogP contribution < -0.4 is 0 Å². The highest BCUT2D eigenvalue weighted by Gasteiger charge is 2.20. The molecule has 0 radical (unpaired) electrons. The van der Waals surface area contributed by atoms with Crippen LogP contribution in [0.15, 0.2) is 0 Å². The fourth-order valence-electron chi connectivity index (χ4n) is 0.427. The van der Waals surface area contributed by atoms with Crippen LogP contribution in [0.5, 0.6) is 0 Å². The highest BCUT2D eigenvalue weighted by molar-refractivity contribution is 9.25. The highest BCUT2D eigenvalue weighted by atomic mass is 79.9. The molecule has 0 aliphatic heterocycles. The molecule has 1 N–H and O–H groups in total. The molecular formula is C5H9Br3O. The Morgan fingerprint density at radius 3 is 2.11 bits per heavy atom. The zero-order valence-electron chi connectivity index (χ0n) is 4.91. The van der Waals surface area contributed by atoms with E-state index in [1.807, 2.05) is 0 Å². The Hall–Kier alpha value is 1.40. The largest absolute Gasteiger partial charge is 0.396 e. The van der Waals surface area contributed by atoms with Gasteiger partial charge in [-0.25, -0.2) is 0 Å². The lowest BCUT2D eigenvalue weighted by atomic mass is 10.3. The normalized spacial score (nSPS) is 12.0. The fraction of sp³-hybridized carbons (Fsp3) is 1.00. The van der Waals surface area contributed by atoms with E-state index in [9.17, 15) is 0 Å². The first-order valence-corrected chi connectivity index (χ1v) is 5.38. The lowest BCUT2D eigenvalue weighted by molar-refractivity contribution is 0.284. The maximum Gasteiger partial charge on any atom is 0.0835 e. The van der Waals surface area contributed by atoms with Crippen LogP contribution in [0.4, 0.5) is 0 Å². The van der Waals surface area contributed by atoms with Gasteiger partial charge in [-0.1, -0.05) is 47.8 Å². The number of aliphatic hydroxyl groups is 1. The zero-order chi connectivity index (χ0) is 7.33. The van der Waals surface area contributed by atoms with E-state index in [1.54, 1.807) is 0 Å². The molecule has 0 aromatic rings. The topological polar surface area (TPSA) is 20.2 Å². The third-order valence-electron chi connectivity index (χ3n) is 0.938. The molecule has 0 saturated carbocycles. The molecular weight excluding hydrogens is 316 g/mol. The van der Waals surface area contributed by atoms with Crippen molar-refractivity contribution >= 4 is 47.8 Å². The second kappa shape index (κ2) is 5.10. The summed E-state index contributed by atoms with van der Waals surface area (Å²) in [4.78, 5) is 0. The first-order chi connectivity index (χ1) is 4.12. The van der Waals surface area contributed by atoms with Crippen molar-refractivity contribution in [1.82, 2.24) is 0 Å². The van der Waals surface area contributed by atoms with Gasteiger partial charge in [0, 0.05) is 11.9 Å². The van der Waals surface area contributed by atoms with Gasteiger partial charge in [-0.3, -0.25) is 0 Å². The van der Waals surface area contributed by atoms with Crippen LogP contribution in [0.2, 0.25) is 0 Å². The standard InChI is InChI=1S/C5H9Br3O/c6-3-1-5(7,8)2-4-9/h9H,1-4H2. The van der Waals surface area contributed by atoms with Crippen molar-refractivity contribution in [3.63, 3.8) is 0 Å². The van der Waals surface area contributed by atoms with Gasteiger partial charge in [0.25, 0.3) is 0 Å². The lowest BCUT2D eigenvalue weighted by Crippen LogP contribution is -2.13. The van der Waals surface area contributed by atoms with Crippen LogP contribution in [-0.4, -0.2) is 20.3 Å². The molecule has 0 atom stereocenters. The minimum absolute atomic E-state index is 0.0712. The molecule has 0 aromatic carbocycles. The molecule has 56 valence electrons. The lowest BCUT2D eigenvalue weighted by Gasteiger charge is -2.16. The van der Waals surface area contributed by atoms with Crippen LogP contribution >= 0.6 is 47.8 Å². The van der Waals surface area contributed by atoms with Gasteiger partial charge in [-0.2, -0.15) is 0 Å². The minimum atomic E-state index is -0.0712. The maximum absolute atomic E-state index is 8.55. The van der Waals surface area contributed by atoms with Crippen molar-refractivity contribution in [2.24, 2.45) is 0 Å². The highest BCUT2D eigenvalue weighted by Crippen LogP contribution is 2.33. The Bertz CT molecular complexity index is 66.6. The quantitative estimate of drug-likeness (QED) is 0.788. The van der Waals surface area contributed by atoms with Gasteiger partial charge in [0.05, 0.1) is 3.23 Å². The molecule has 0 aliphatic rings. The predicted molar refractivity (Wildman–Crippen MR) is 50.7 cm³/mol. The molecule has 0 saturated heterocycles. The van der Waals surface area contributed by atoms with Crippen molar-refractivity contribution in [1.29, 1.82) is 0 Å². The van der Waals surface area contributed by atoms with Crippen molar-refractivity contribution < 1.29 is 5.11 Å². The van der Waals surface area contributed by atoms with Crippen molar-refractivity contribution in [3.8, 4) is 0 Å². The number of alkyl halides is 3. The van der Waals surface area contributed by atoms with Crippen LogP contribution in [0, 0.1) is 0 Å². The maximum atomic E-state index is 8.55. The van der Waals surface area contributed by atoms with E-state index in [1.165, 1.54) is 0 Å². The Morgan fingerprint density at radius 1 is 1.22 bits per heavy atom. The van der Waals surface area contributed by atoms with Gasteiger partial charge in [0.15, 0.2) is 0 Å². The summed E-state index contributed by atoms with van der Waals surface area (Å²) in [6.07, 6.45) is 1.70. The first kappa shape index (κ1) is 10.4. The second-order valence-electron chi connectivity index (χ2n) is 1.77. The first-order valence-electron chi connectivity index (χ1n) is 2.67. The molecule has 0 rings (SSSR count). The summed E-state index contributed by atoms with van der Waals surface area (Å²) in [5.41, 5.74) is 0. The number of aliphatic hydroxyl groups excluding tert-OH is 1. The SMILES string of the molecule is OCCC(Br)(Br)CCBr. The average molecular weight is 325 g/mol. The van der Waals surface area contributed by atoms with Gasteiger partial charge in [0.2, 0.25) is 0 Å². The molecule has 0 fully saturated rings. The van der Waals surface area contributed by atoms with Crippen molar-refractivity contribution in [2.45, 2.75) is 16.1 Å².